The molecular formula is C26H38N4O3S2. The molecule has 9 heteroatoms. The summed E-state index contributed by atoms with van der Waals surface area (Å²) < 4.78 is 22.0. The van der Waals surface area contributed by atoms with Crippen LogP contribution < -0.4 is 15.4 Å². The van der Waals surface area contributed by atoms with Crippen LogP contribution in [0.2, 0.25) is 0 Å². The summed E-state index contributed by atoms with van der Waals surface area (Å²) in [6.45, 7) is 8.30. The highest BCUT2D eigenvalue weighted by atomic mass is 32.2. The summed E-state index contributed by atoms with van der Waals surface area (Å²) >= 11 is 1.70. The van der Waals surface area contributed by atoms with Crippen LogP contribution in [-0.2, 0) is 15.7 Å². The maximum absolute atomic E-state index is 13.4. The average Bonchev–Trinajstić information content (AvgIpc) is 3.33. The molecule has 192 valence electrons. The van der Waals surface area contributed by atoms with E-state index < -0.39 is 17.1 Å². The predicted octanol–water partition coefficient (Wildman–Crippen LogP) is 5.82. The number of amides is 1. The molecule has 1 saturated heterocycles. The van der Waals surface area contributed by atoms with Crippen LogP contribution in [0.3, 0.4) is 0 Å². The molecule has 3 N–H and O–H groups in total. The van der Waals surface area contributed by atoms with E-state index in [1.165, 1.54) is 37.1 Å². The summed E-state index contributed by atoms with van der Waals surface area (Å²) in [6.07, 6.45) is 9.68. The van der Waals surface area contributed by atoms with Crippen molar-refractivity contribution in [1.29, 1.82) is 0 Å². The SMILES string of the molecule is CC(C)(C)NS(=O)c1cc(NC(=O)OCC2CCNCC2)ccc1-c1cnc(C2CCCCC2)s1. The van der Waals surface area contributed by atoms with E-state index in [1.54, 1.807) is 17.4 Å². The second-order valence-corrected chi connectivity index (χ2v) is 12.9. The summed E-state index contributed by atoms with van der Waals surface area (Å²) in [7, 11) is -1.46. The minimum Gasteiger partial charge on any atom is -0.449 e. The quantitative estimate of drug-likeness (QED) is 0.430. The molecule has 1 aromatic carbocycles. The Morgan fingerprint density at radius 2 is 1.91 bits per heavy atom. The molecule has 1 aliphatic heterocycles. The van der Waals surface area contributed by atoms with Gasteiger partial charge in [-0.3, -0.25) is 5.32 Å². The van der Waals surface area contributed by atoms with Crippen LogP contribution >= 0.6 is 11.3 Å². The third-order valence-corrected chi connectivity index (χ3v) is 9.21. The second kappa shape index (κ2) is 12.0. The molecule has 35 heavy (non-hydrogen) atoms. The van der Waals surface area contributed by atoms with Crippen LogP contribution in [0, 0.1) is 5.92 Å². The van der Waals surface area contributed by atoms with E-state index in [4.69, 9.17) is 9.72 Å². The van der Waals surface area contributed by atoms with Crippen molar-refractivity contribution in [2.45, 2.75) is 82.1 Å². The highest BCUT2D eigenvalue weighted by molar-refractivity contribution is 7.83. The molecule has 0 spiro atoms. The van der Waals surface area contributed by atoms with E-state index in [2.05, 4.69) is 15.4 Å². The Hall–Kier alpha value is -1.81. The Kier molecular flexibility index (Phi) is 8.97. The van der Waals surface area contributed by atoms with E-state index in [9.17, 15) is 9.00 Å². The molecule has 1 aliphatic carbocycles. The van der Waals surface area contributed by atoms with E-state index in [0.29, 0.717) is 29.0 Å². The number of carbonyl (C=O) groups is 1. The van der Waals surface area contributed by atoms with E-state index in [0.717, 1.165) is 36.4 Å². The second-order valence-electron chi connectivity index (χ2n) is 10.6. The zero-order chi connectivity index (χ0) is 24.8. The fraction of sp³-hybridized carbons (Fsp3) is 0.615. The van der Waals surface area contributed by atoms with Crippen molar-refractivity contribution in [3.05, 3.63) is 29.4 Å². The van der Waals surface area contributed by atoms with Gasteiger partial charge in [-0.2, -0.15) is 0 Å². The Morgan fingerprint density at radius 3 is 2.63 bits per heavy atom. The van der Waals surface area contributed by atoms with Gasteiger partial charge >= 0.3 is 6.09 Å². The van der Waals surface area contributed by atoms with Crippen LogP contribution in [0.25, 0.3) is 10.4 Å². The minimum absolute atomic E-state index is 0.333. The maximum Gasteiger partial charge on any atom is 0.411 e. The standard InChI is InChI=1S/C26H38N4O3S2/c1-26(2,3)30-35(32)23-15-20(29-25(31)33-17-18-11-13-27-14-12-18)9-10-21(23)22-16-28-24(34-22)19-7-5-4-6-8-19/h9-10,15-16,18-19,27,30H,4-8,11-14,17H2,1-3H3,(H,29,31). The predicted molar refractivity (Wildman–Crippen MR) is 143 cm³/mol. The van der Waals surface area contributed by atoms with Crippen molar-refractivity contribution in [1.82, 2.24) is 15.0 Å². The first-order chi connectivity index (χ1) is 16.8. The van der Waals surface area contributed by atoms with Gasteiger partial charge in [0.25, 0.3) is 0 Å². The molecule has 7 nitrogen and oxygen atoms in total. The molecule has 2 aromatic rings. The van der Waals surface area contributed by atoms with Gasteiger partial charge in [0, 0.05) is 28.9 Å². The number of benzene rings is 1. The number of carbonyl (C=O) groups excluding carboxylic acids is 1. The largest absolute Gasteiger partial charge is 0.449 e. The van der Waals surface area contributed by atoms with E-state index in [-0.39, 0.29) is 5.54 Å². The Bertz CT molecular complexity index is 1020. The molecule has 1 unspecified atom stereocenters. The molecule has 4 rings (SSSR count). The van der Waals surface area contributed by atoms with E-state index in [1.807, 2.05) is 39.1 Å². The van der Waals surface area contributed by atoms with Gasteiger partial charge in [0.1, 0.15) is 11.0 Å². The van der Waals surface area contributed by atoms with Crippen LogP contribution in [0.4, 0.5) is 10.5 Å². The summed E-state index contributed by atoms with van der Waals surface area (Å²) in [5.74, 6) is 0.924. The highest BCUT2D eigenvalue weighted by Gasteiger charge is 2.23. The lowest BCUT2D eigenvalue weighted by molar-refractivity contribution is 0.131. The van der Waals surface area contributed by atoms with Crippen LogP contribution in [-0.4, -0.2) is 40.5 Å². The summed E-state index contributed by atoms with van der Waals surface area (Å²) in [6, 6.07) is 5.56. The van der Waals surface area contributed by atoms with Gasteiger partial charge in [-0.05, 0) is 77.6 Å². The first-order valence-electron chi connectivity index (χ1n) is 12.7. The fourth-order valence-corrected chi connectivity index (χ4v) is 7.11. The van der Waals surface area contributed by atoms with Gasteiger partial charge in [-0.15, -0.1) is 11.3 Å². The zero-order valence-electron chi connectivity index (χ0n) is 21.0. The lowest BCUT2D eigenvalue weighted by Gasteiger charge is -2.22. The Labute approximate surface area is 215 Å². The van der Waals surface area contributed by atoms with Crippen molar-refractivity contribution in [3.63, 3.8) is 0 Å². The van der Waals surface area contributed by atoms with Gasteiger partial charge in [0.05, 0.1) is 21.4 Å². The fourth-order valence-electron chi connectivity index (χ4n) is 4.64. The van der Waals surface area contributed by atoms with E-state index >= 15 is 0 Å². The smallest absolute Gasteiger partial charge is 0.411 e. The zero-order valence-corrected chi connectivity index (χ0v) is 22.7. The van der Waals surface area contributed by atoms with Gasteiger partial charge in [-0.25, -0.2) is 18.7 Å². The number of nitrogens with zero attached hydrogens (tertiary/aromatic N) is 1. The van der Waals surface area contributed by atoms with Gasteiger partial charge < -0.3 is 10.1 Å². The molecule has 1 saturated carbocycles. The highest BCUT2D eigenvalue weighted by Crippen LogP contribution is 2.39. The number of nitrogens with one attached hydrogen (secondary N) is 3. The van der Waals surface area contributed by atoms with Crippen LogP contribution in [0.15, 0.2) is 29.3 Å². The molecule has 0 bridgehead atoms. The molecule has 1 atom stereocenters. The topological polar surface area (TPSA) is 92.4 Å². The number of thiazole rings is 1. The molecule has 1 aromatic heterocycles. The summed E-state index contributed by atoms with van der Waals surface area (Å²) in [5.41, 5.74) is 1.12. The first-order valence-corrected chi connectivity index (χ1v) is 14.7. The number of rotatable bonds is 7. The lowest BCUT2D eigenvalue weighted by atomic mass is 9.90. The van der Waals surface area contributed by atoms with Crippen molar-refractivity contribution in [2.75, 3.05) is 25.0 Å². The Morgan fingerprint density at radius 1 is 1.17 bits per heavy atom. The maximum atomic E-state index is 13.4. The minimum atomic E-state index is -1.46. The van der Waals surface area contributed by atoms with Crippen molar-refractivity contribution < 1.29 is 13.7 Å². The Balaban J connectivity index is 1.51. The summed E-state index contributed by atoms with van der Waals surface area (Å²) in [4.78, 5) is 18.8. The normalized spacial score (nSPS) is 18.8. The molecule has 2 fully saturated rings. The third-order valence-electron chi connectivity index (χ3n) is 6.48. The van der Waals surface area contributed by atoms with Crippen molar-refractivity contribution >= 4 is 34.1 Å². The number of aromatic nitrogens is 1. The van der Waals surface area contributed by atoms with Crippen LogP contribution in [0.5, 0.6) is 0 Å². The molecule has 2 heterocycles. The number of hydrogen-bond acceptors (Lipinski definition) is 6. The molecule has 1 amide bonds. The van der Waals surface area contributed by atoms with Gasteiger partial charge in [0.2, 0.25) is 0 Å². The molecular weight excluding hydrogens is 480 g/mol. The number of anilines is 1. The number of hydrogen-bond donors (Lipinski definition) is 3. The summed E-state index contributed by atoms with van der Waals surface area (Å²) in [5, 5.41) is 7.31. The third kappa shape index (κ3) is 7.59. The van der Waals surface area contributed by atoms with Crippen LogP contribution in [0.1, 0.15) is 76.6 Å². The van der Waals surface area contributed by atoms with Crippen molar-refractivity contribution in [2.24, 2.45) is 5.92 Å². The molecule has 2 aliphatic rings. The van der Waals surface area contributed by atoms with Gasteiger partial charge in [-0.1, -0.05) is 25.3 Å². The monoisotopic (exact) mass is 518 g/mol. The average molecular weight is 519 g/mol. The number of ether oxygens (including phenoxy) is 1. The van der Waals surface area contributed by atoms with Gasteiger partial charge in [0.15, 0.2) is 0 Å². The molecule has 0 radical (unpaired) electrons. The first kappa shape index (κ1) is 26.3. The lowest BCUT2D eigenvalue weighted by Crippen LogP contribution is -2.37. The van der Waals surface area contributed by atoms with Crippen molar-refractivity contribution in [3.8, 4) is 10.4 Å². The number of piperidine rings is 1.